The summed E-state index contributed by atoms with van der Waals surface area (Å²) in [5.74, 6) is -0.241. The molecule has 24 heavy (non-hydrogen) atoms. The number of nitrogens with one attached hydrogen (secondary N) is 1. The van der Waals surface area contributed by atoms with Crippen molar-refractivity contribution in [3.05, 3.63) is 21.4 Å². The summed E-state index contributed by atoms with van der Waals surface area (Å²) >= 11 is 1.51. The smallest absolute Gasteiger partial charge is 0.407 e. The average molecular weight is 354 g/mol. The van der Waals surface area contributed by atoms with Crippen molar-refractivity contribution in [1.29, 1.82) is 0 Å². The van der Waals surface area contributed by atoms with Crippen LogP contribution >= 0.6 is 11.3 Å². The molecule has 0 saturated carbocycles. The standard InChI is InChI=1S/C17H26N2O4S/c1-5-22-15(20)13-10-12-6-8-19(11-14(12)24-13)9-7-18-16(21)23-17(2,3)4/h10H,5-9,11H2,1-4H3,(H,18,21). The molecule has 1 amide bonds. The third kappa shape index (κ3) is 5.49. The molecule has 0 unspecified atom stereocenters. The molecule has 2 heterocycles. The molecule has 0 saturated heterocycles. The number of amides is 1. The molecule has 1 aliphatic rings. The van der Waals surface area contributed by atoms with Gasteiger partial charge in [-0.3, -0.25) is 4.90 Å². The van der Waals surface area contributed by atoms with Gasteiger partial charge in [-0.15, -0.1) is 11.3 Å². The number of thiophene rings is 1. The predicted molar refractivity (Wildman–Crippen MR) is 93.5 cm³/mol. The van der Waals surface area contributed by atoms with Crippen LogP contribution in [-0.2, 0) is 22.4 Å². The Bertz CT molecular complexity index is 592. The van der Waals surface area contributed by atoms with Crippen LogP contribution < -0.4 is 5.32 Å². The average Bonchev–Trinajstić information content (AvgIpc) is 2.89. The molecule has 0 atom stereocenters. The topological polar surface area (TPSA) is 67.9 Å². The molecule has 2 rings (SSSR count). The zero-order valence-electron chi connectivity index (χ0n) is 14.8. The first-order valence-corrected chi connectivity index (χ1v) is 9.08. The fourth-order valence-electron chi connectivity index (χ4n) is 2.50. The number of carbonyl (C=O) groups excluding carboxylic acids is 2. The van der Waals surface area contributed by atoms with Crippen molar-refractivity contribution in [1.82, 2.24) is 10.2 Å². The minimum absolute atomic E-state index is 0.241. The maximum atomic E-state index is 11.8. The van der Waals surface area contributed by atoms with Crippen LogP contribution in [0.4, 0.5) is 4.79 Å². The van der Waals surface area contributed by atoms with E-state index in [-0.39, 0.29) is 12.1 Å². The molecule has 134 valence electrons. The first-order chi connectivity index (χ1) is 11.3. The van der Waals surface area contributed by atoms with Crippen LogP contribution in [0.2, 0.25) is 0 Å². The summed E-state index contributed by atoms with van der Waals surface area (Å²) in [6.45, 7) is 10.8. The summed E-state index contributed by atoms with van der Waals surface area (Å²) < 4.78 is 10.3. The van der Waals surface area contributed by atoms with E-state index in [1.165, 1.54) is 21.8 Å². The Morgan fingerprint density at radius 2 is 2.12 bits per heavy atom. The van der Waals surface area contributed by atoms with E-state index in [9.17, 15) is 9.59 Å². The number of hydrogen-bond donors (Lipinski definition) is 1. The van der Waals surface area contributed by atoms with Crippen molar-refractivity contribution in [3.63, 3.8) is 0 Å². The second-order valence-electron chi connectivity index (χ2n) is 6.73. The van der Waals surface area contributed by atoms with Gasteiger partial charge in [0.15, 0.2) is 0 Å². The summed E-state index contributed by atoms with van der Waals surface area (Å²) in [4.78, 5) is 27.6. The van der Waals surface area contributed by atoms with Crippen molar-refractivity contribution >= 4 is 23.4 Å². The lowest BCUT2D eigenvalue weighted by molar-refractivity contribution is 0.0515. The highest BCUT2D eigenvalue weighted by molar-refractivity contribution is 7.14. The molecule has 0 fully saturated rings. The van der Waals surface area contributed by atoms with Crippen LogP contribution in [0.1, 0.15) is 47.8 Å². The van der Waals surface area contributed by atoms with E-state index < -0.39 is 5.60 Å². The molecule has 1 aliphatic heterocycles. The third-order valence-electron chi connectivity index (χ3n) is 3.53. The molecular formula is C17H26N2O4S. The van der Waals surface area contributed by atoms with Crippen molar-refractivity contribution < 1.29 is 19.1 Å². The molecule has 7 heteroatoms. The van der Waals surface area contributed by atoms with Crippen molar-refractivity contribution in [2.75, 3.05) is 26.2 Å². The van der Waals surface area contributed by atoms with E-state index in [0.29, 0.717) is 18.0 Å². The van der Waals surface area contributed by atoms with Crippen molar-refractivity contribution in [3.8, 4) is 0 Å². The number of alkyl carbamates (subject to hydrolysis) is 1. The first kappa shape index (κ1) is 18.7. The second-order valence-corrected chi connectivity index (χ2v) is 7.87. The van der Waals surface area contributed by atoms with Crippen LogP contribution in [0.25, 0.3) is 0 Å². The maximum Gasteiger partial charge on any atom is 0.407 e. The second kappa shape index (κ2) is 7.98. The molecule has 0 radical (unpaired) electrons. The SMILES string of the molecule is CCOC(=O)c1cc2c(s1)CN(CCNC(=O)OC(C)(C)C)CC2. The fourth-order valence-corrected chi connectivity index (χ4v) is 3.64. The molecular weight excluding hydrogens is 328 g/mol. The quantitative estimate of drug-likeness (QED) is 0.824. The fraction of sp³-hybridized carbons (Fsp3) is 0.647. The van der Waals surface area contributed by atoms with Crippen molar-refractivity contribution in [2.24, 2.45) is 0 Å². The van der Waals surface area contributed by atoms with E-state index in [1.807, 2.05) is 33.8 Å². The summed E-state index contributed by atoms with van der Waals surface area (Å²) in [5, 5.41) is 2.78. The van der Waals surface area contributed by atoms with Crippen LogP contribution in [-0.4, -0.2) is 48.8 Å². The van der Waals surface area contributed by atoms with Crippen LogP contribution in [0.5, 0.6) is 0 Å². The molecule has 0 bridgehead atoms. The lowest BCUT2D eigenvalue weighted by atomic mass is 10.1. The van der Waals surface area contributed by atoms with E-state index >= 15 is 0 Å². The predicted octanol–water partition coefficient (Wildman–Crippen LogP) is 2.81. The Hall–Kier alpha value is -1.60. The van der Waals surface area contributed by atoms with Gasteiger partial charge in [-0.2, -0.15) is 0 Å². The van der Waals surface area contributed by atoms with Gasteiger partial charge in [-0.05, 0) is 45.7 Å². The van der Waals surface area contributed by atoms with Gasteiger partial charge in [-0.25, -0.2) is 9.59 Å². The Morgan fingerprint density at radius 3 is 2.79 bits per heavy atom. The minimum Gasteiger partial charge on any atom is -0.462 e. The summed E-state index contributed by atoms with van der Waals surface area (Å²) in [6.07, 6.45) is 0.526. The number of esters is 1. The number of nitrogens with zero attached hydrogens (tertiary/aromatic N) is 1. The minimum atomic E-state index is -0.482. The third-order valence-corrected chi connectivity index (χ3v) is 4.68. The van der Waals surface area contributed by atoms with Gasteiger partial charge in [0.1, 0.15) is 10.5 Å². The van der Waals surface area contributed by atoms with Crippen molar-refractivity contribution in [2.45, 2.75) is 46.3 Å². The molecule has 6 nitrogen and oxygen atoms in total. The summed E-state index contributed by atoms with van der Waals surface area (Å²) in [5.41, 5.74) is 0.754. The highest BCUT2D eigenvalue weighted by atomic mass is 32.1. The Balaban J connectivity index is 1.80. The Kier molecular flexibility index (Phi) is 6.23. The van der Waals surface area contributed by atoms with Crippen LogP contribution in [0.3, 0.4) is 0 Å². The van der Waals surface area contributed by atoms with Gasteiger partial charge in [0.05, 0.1) is 6.61 Å². The van der Waals surface area contributed by atoms with E-state index in [4.69, 9.17) is 9.47 Å². The lowest BCUT2D eigenvalue weighted by Gasteiger charge is -2.27. The summed E-state index contributed by atoms with van der Waals surface area (Å²) in [6, 6.07) is 1.95. The molecule has 1 aromatic rings. The van der Waals surface area contributed by atoms with Gasteiger partial charge < -0.3 is 14.8 Å². The number of fused-ring (bicyclic) bond motifs is 1. The largest absolute Gasteiger partial charge is 0.462 e. The monoisotopic (exact) mass is 354 g/mol. The number of ether oxygens (including phenoxy) is 2. The lowest BCUT2D eigenvalue weighted by Crippen LogP contribution is -2.39. The van der Waals surface area contributed by atoms with Gasteiger partial charge in [0, 0.05) is 31.1 Å². The zero-order valence-corrected chi connectivity index (χ0v) is 15.6. The van der Waals surface area contributed by atoms with Gasteiger partial charge in [-0.1, -0.05) is 0 Å². The molecule has 0 spiro atoms. The molecule has 1 aromatic heterocycles. The van der Waals surface area contributed by atoms with Gasteiger partial charge in [0.2, 0.25) is 0 Å². The number of carbonyl (C=O) groups is 2. The van der Waals surface area contributed by atoms with Crippen LogP contribution in [0, 0.1) is 0 Å². The summed E-state index contributed by atoms with van der Waals surface area (Å²) in [7, 11) is 0. The Morgan fingerprint density at radius 1 is 1.38 bits per heavy atom. The highest BCUT2D eigenvalue weighted by Crippen LogP contribution is 2.28. The normalized spacial score (nSPS) is 14.8. The Labute approximate surface area is 147 Å². The van der Waals surface area contributed by atoms with E-state index in [0.717, 1.165) is 26.1 Å². The van der Waals surface area contributed by atoms with E-state index in [1.54, 1.807) is 0 Å². The van der Waals surface area contributed by atoms with E-state index in [2.05, 4.69) is 10.2 Å². The van der Waals surface area contributed by atoms with Crippen LogP contribution in [0.15, 0.2) is 6.07 Å². The molecule has 1 N–H and O–H groups in total. The maximum absolute atomic E-state index is 11.8. The zero-order chi connectivity index (χ0) is 17.7. The van der Waals surface area contributed by atoms with Gasteiger partial charge in [0.25, 0.3) is 0 Å². The number of rotatable bonds is 5. The molecule has 0 aromatic carbocycles. The molecule has 0 aliphatic carbocycles. The first-order valence-electron chi connectivity index (χ1n) is 8.26. The number of hydrogen-bond acceptors (Lipinski definition) is 6. The van der Waals surface area contributed by atoms with Gasteiger partial charge >= 0.3 is 12.1 Å². The highest BCUT2D eigenvalue weighted by Gasteiger charge is 2.22.